The zero-order valence-corrected chi connectivity index (χ0v) is 62.4. The lowest BCUT2D eigenvalue weighted by molar-refractivity contribution is -0.870. The van der Waals surface area contributed by atoms with E-state index in [4.69, 9.17) is 18.5 Å². The lowest BCUT2D eigenvalue weighted by Crippen LogP contribution is -2.37. The summed E-state index contributed by atoms with van der Waals surface area (Å²) >= 11 is 0. The second-order valence-corrected chi connectivity index (χ2v) is 27.0. The van der Waals surface area contributed by atoms with Crippen LogP contribution in [-0.2, 0) is 32.7 Å². The Morgan fingerprint density at radius 1 is 0.323 bits per heavy atom. The molecule has 0 N–H and O–H groups in total. The molecule has 0 fully saturated rings. The van der Waals surface area contributed by atoms with Crippen molar-refractivity contribution in [2.24, 2.45) is 0 Å². The zero-order chi connectivity index (χ0) is 69.7. The highest BCUT2D eigenvalue weighted by molar-refractivity contribution is 7.45. The van der Waals surface area contributed by atoms with E-state index in [2.05, 4.69) is 220 Å². The molecule has 96 heavy (non-hydrogen) atoms. The fourth-order valence-electron chi connectivity index (χ4n) is 9.61. The van der Waals surface area contributed by atoms with Gasteiger partial charge in [0, 0.05) is 12.8 Å². The van der Waals surface area contributed by atoms with E-state index in [9.17, 15) is 19.0 Å². The number of quaternary nitrogens is 1. The molecule has 0 rings (SSSR count). The van der Waals surface area contributed by atoms with E-state index in [1.54, 1.807) is 0 Å². The van der Waals surface area contributed by atoms with Gasteiger partial charge in [0.05, 0.1) is 27.7 Å². The number of unbranched alkanes of at least 4 members (excludes halogenated alkanes) is 19. The van der Waals surface area contributed by atoms with E-state index in [1.165, 1.54) is 70.6 Å². The molecule has 0 heterocycles. The van der Waals surface area contributed by atoms with Crippen molar-refractivity contribution < 1.29 is 42.1 Å². The molecule has 2 atom stereocenters. The summed E-state index contributed by atoms with van der Waals surface area (Å²) in [7, 11) is 1.13. The average Bonchev–Trinajstić information content (AvgIpc) is 1.98. The van der Waals surface area contributed by atoms with Gasteiger partial charge in [-0.25, -0.2) is 0 Å². The minimum Gasteiger partial charge on any atom is -0.756 e. The molecule has 0 aliphatic heterocycles. The van der Waals surface area contributed by atoms with E-state index in [0.29, 0.717) is 23.9 Å². The van der Waals surface area contributed by atoms with Crippen LogP contribution in [0.5, 0.6) is 0 Å². The van der Waals surface area contributed by atoms with Crippen LogP contribution in [0, 0.1) is 0 Å². The molecule has 0 aromatic rings. The third kappa shape index (κ3) is 77.6. The number of phosphoric ester groups is 1. The summed E-state index contributed by atoms with van der Waals surface area (Å²) < 4.78 is 34.3. The second-order valence-electron chi connectivity index (χ2n) is 25.5. The fraction of sp³-hybridized carbons (Fsp3) is 0.581. The normalized spacial score (nSPS) is 14.3. The molecule has 0 aliphatic rings. The van der Waals surface area contributed by atoms with Crippen LogP contribution >= 0.6 is 7.82 Å². The Kier molecular flexibility index (Phi) is 69.7. The maximum Gasteiger partial charge on any atom is 0.306 e. The first kappa shape index (κ1) is 90.6. The monoisotopic (exact) mass is 1340 g/mol. The second kappa shape index (κ2) is 73.8. The molecule has 9 nitrogen and oxygen atoms in total. The van der Waals surface area contributed by atoms with E-state index in [-0.39, 0.29) is 26.1 Å². The number of hydrogen-bond donors (Lipinski definition) is 0. The van der Waals surface area contributed by atoms with E-state index in [1.807, 2.05) is 21.1 Å². The largest absolute Gasteiger partial charge is 0.756 e. The van der Waals surface area contributed by atoms with Crippen LogP contribution in [0.4, 0.5) is 0 Å². The Bertz CT molecular complexity index is 2380. The van der Waals surface area contributed by atoms with E-state index < -0.39 is 32.5 Å². The minimum atomic E-state index is -4.66. The Morgan fingerprint density at radius 3 is 0.833 bits per heavy atom. The molecule has 0 aliphatic carbocycles. The van der Waals surface area contributed by atoms with E-state index >= 15 is 0 Å². The number of allylic oxidation sites excluding steroid dienone is 34. The summed E-state index contributed by atoms with van der Waals surface area (Å²) in [6.07, 6.45) is 116. The van der Waals surface area contributed by atoms with Crippen molar-refractivity contribution in [3.8, 4) is 0 Å². The van der Waals surface area contributed by atoms with Gasteiger partial charge >= 0.3 is 11.9 Å². The first-order chi connectivity index (χ1) is 47.0. The molecular formula is C86H138NO8P. The number of nitrogens with zero attached hydrogens (tertiary/aromatic N) is 1. The summed E-state index contributed by atoms with van der Waals surface area (Å²) in [5, 5.41) is 0. The molecule has 0 radical (unpaired) electrons. The standard InChI is InChI=1S/C86H138NO8P/c1-6-8-10-12-14-16-18-20-22-24-26-28-30-32-34-36-38-40-41-42-43-44-45-47-49-51-53-55-57-59-61-63-65-67-69-71-73-75-77-79-86(89)95-84(83-94-96(90,91)93-81-80-87(3,4)5)82-92-85(88)78-76-74-72-70-68-66-64-62-60-58-56-54-52-50-48-46-39-37-35-33-31-29-27-25-23-21-19-17-15-13-11-9-7-2/h8-11,14-17,20-23,26-29,32-35,38-40,42-43,45-47,50-53,56,58,84H,6-7,12-13,18-19,24-25,30-31,36-37,41,44,48-49,54-55,57,59-83H2,1-5H3/b10-8-,11-9-,16-14-,17-15-,22-20-,23-21-,28-26-,29-27-,34-32-,35-33-,40-38-,43-42-,46-39-,47-45-,52-50-,53-51-,58-56-. The number of rotatable bonds is 67. The molecule has 540 valence electrons. The first-order valence-electron chi connectivity index (χ1n) is 37.8. The molecular weight excluding hydrogens is 1210 g/mol. The van der Waals surface area contributed by atoms with Crippen molar-refractivity contribution in [1.29, 1.82) is 0 Å². The van der Waals surface area contributed by atoms with Gasteiger partial charge in [0.25, 0.3) is 7.82 Å². The maximum atomic E-state index is 12.9. The van der Waals surface area contributed by atoms with Crippen molar-refractivity contribution in [2.45, 2.75) is 277 Å². The molecule has 0 spiro atoms. The molecule has 0 saturated heterocycles. The summed E-state index contributed by atoms with van der Waals surface area (Å²) in [5.41, 5.74) is 0. The highest BCUT2D eigenvalue weighted by Gasteiger charge is 2.22. The van der Waals surface area contributed by atoms with Gasteiger partial charge in [-0.3, -0.25) is 14.2 Å². The Hall–Kier alpha value is -5.41. The van der Waals surface area contributed by atoms with Gasteiger partial charge in [-0.2, -0.15) is 0 Å². The topological polar surface area (TPSA) is 111 Å². The number of phosphoric acid groups is 1. The summed E-state index contributed by atoms with van der Waals surface area (Å²) in [6, 6.07) is 0. The van der Waals surface area contributed by atoms with Gasteiger partial charge in [-0.1, -0.05) is 317 Å². The van der Waals surface area contributed by atoms with Crippen molar-refractivity contribution in [1.82, 2.24) is 0 Å². The number of hydrogen-bond acceptors (Lipinski definition) is 8. The summed E-state index contributed by atoms with van der Waals surface area (Å²) in [5.74, 6) is -0.857. The van der Waals surface area contributed by atoms with Crippen LogP contribution in [0.3, 0.4) is 0 Å². The Balaban J connectivity index is 4.12. The van der Waals surface area contributed by atoms with Gasteiger partial charge in [0.1, 0.15) is 19.8 Å². The van der Waals surface area contributed by atoms with Crippen LogP contribution in [0.2, 0.25) is 0 Å². The molecule has 0 saturated carbocycles. The highest BCUT2D eigenvalue weighted by Crippen LogP contribution is 2.38. The van der Waals surface area contributed by atoms with Crippen molar-refractivity contribution in [3.63, 3.8) is 0 Å². The Labute approximate surface area is 589 Å². The predicted molar refractivity (Wildman–Crippen MR) is 415 cm³/mol. The molecule has 0 aromatic heterocycles. The zero-order valence-electron chi connectivity index (χ0n) is 61.5. The number of carbonyl (C=O) groups excluding carboxylic acids is 2. The molecule has 2 unspecified atom stereocenters. The van der Waals surface area contributed by atoms with Gasteiger partial charge in [0.2, 0.25) is 0 Å². The summed E-state index contributed by atoms with van der Waals surface area (Å²) in [6.45, 7) is 3.98. The lowest BCUT2D eigenvalue weighted by atomic mass is 10.0. The van der Waals surface area contributed by atoms with E-state index in [0.717, 1.165) is 161 Å². The van der Waals surface area contributed by atoms with Gasteiger partial charge in [-0.05, 0) is 148 Å². The third-order valence-electron chi connectivity index (χ3n) is 15.3. The SMILES string of the molecule is CC/C=C\C/C=C\C/C=C\C/C=C\C/C=C\C/C=C\C/C=C\C/C=C\C/C=C\CCCCCCCCCCCCCC(=O)OC(COC(=O)CCCCCCCCCC/C=C\C/C=C\C/C=C\C/C=C\C/C=C\C/C=C\C/C=C\C/C=C\CC)COP(=O)([O-])OCC[N+](C)(C)C. The van der Waals surface area contributed by atoms with Crippen LogP contribution < -0.4 is 4.89 Å². The summed E-state index contributed by atoms with van der Waals surface area (Å²) in [4.78, 5) is 38.2. The van der Waals surface area contributed by atoms with Crippen molar-refractivity contribution >= 4 is 19.8 Å². The first-order valence-corrected chi connectivity index (χ1v) is 39.3. The Morgan fingerprint density at radius 2 is 0.562 bits per heavy atom. The fourth-order valence-corrected chi connectivity index (χ4v) is 10.3. The minimum absolute atomic E-state index is 0.0432. The van der Waals surface area contributed by atoms with Gasteiger partial charge in [0.15, 0.2) is 6.10 Å². The number of carbonyl (C=O) groups is 2. The quantitative estimate of drug-likeness (QED) is 0.0195. The smallest absolute Gasteiger partial charge is 0.306 e. The number of ether oxygens (including phenoxy) is 2. The molecule has 0 amide bonds. The van der Waals surface area contributed by atoms with Gasteiger partial charge in [-0.15, -0.1) is 0 Å². The molecule has 0 bridgehead atoms. The third-order valence-corrected chi connectivity index (χ3v) is 16.3. The van der Waals surface area contributed by atoms with Crippen molar-refractivity contribution in [3.05, 3.63) is 207 Å². The van der Waals surface area contributed by atoms with Crippen molar-refractivity contribution in [2.75, 3.05) is 47.5 Å². The number of likely N-dealkylation sites (N-methyl/N-ethyl adjacent to an activating group) is 1. The van der Waals surface area contributed by atoms with Crippen LogP contribution in [0.1, 0.15) is 271 Å². The predicted octanol–water partition coefficient (Wildman–Crippen LogP) is 24.7. The highest BCUT2D eigenvalue weighted by atomic mass is 31.2. The van der Waals surface area contributed by atoms with Gasteiger partial charge < -0.3 is 27.9 Å². The van der Waals surface area contributed by atoms with Crippen LogP contribution in [0.15, 0.2) is 207 Å². The maximum absolute atomic E-state index is 12.9. The van der Waals surface area contributed by atoms with Crippen LogP contribution in [0.25, 0.3) is 0 Å². The molecule has 10 heteroatoms. The number of esters is 2. The lowest BCUT2D eigenvalue weighted by Gasteiger charge is -2.28. The molecule has 0 aromatic carbocycles. The average molecular weight is 1350 g/mol. The van der Waals surface area contributed by atoms with Crippen LogP contribution in [-0.4, -0.2) is 70.0 Å².